The number of halogens is 2. The van der Waals surface area contributed by atoms with Crippen molar-refractivity contribution < 1.29 is 0 Å². The van der Waals surface area contributed by atoms with Crippen LogP contribution in [-0.2, 0) is 0 Å². The molecule has 0 radical (unpaired) electrons. The molecule has 0 amide bonds. The summed E-state index contributed by atoms with van der Waals surface area (Å²) in [5, 5.41) is 0. The SMILES string of the molecule is NC1C=CC=CC1(Br)I. The zero-order valence-corrected chi connectivity index (χ0v) is 8.46. The van der Waals surface area contributed by atoms with E-state index in [0.717, 1.165) is 0 Å². The largest absolute Gasteiger partial charge is 0.322 e. The maximum absolute atomic E-state index is 5.72. The van der Waals surface area contributed by atoms with Crippen molar-refractivity contribution in [1.29, 1.82) is 0 Å². The fourth-order valence-corrected chi connectivity index (χ4v) is 1.33. The molecule has 0 aliphatic heterocycles. The van der Waals surface area contributed by atoms with Crippen LogP contribution in [0.15, 0.2) is 24.3 Å². The van der Waals surface area contributed by atoms with Gasteiger partial charge in [-0.1, -0.05) is 62.8 Å². The second-order valence-corrected chi connectivity index (χ2v) is 6.52. The molecule has 1 aliphatic carbocycles. The highest BCUT2D eigenvalue weighted by Crippen LogP contribution is 2.33. The summed E-state index contributed by atoms with van der Waals surface area (Å²) in [6.07, 6.45) is 7.97. The van der Waals surface area contributed by atoms with Gasteiger partial charge in [0.2, 0.25) is 0 Å². The maximum Gasteiger partial charge on any atom is 0.114 e. The van der Waals surface area contributed by atoms with Gasteiger partial charge in [0.1, 0.15) is 2.33 Å². The van der Waals surface area contributed by atoms with Gasteiger partial charge >= 0.3 is 0 Å². The number of rotatable bonds is 0. The highest BCUT2D eigenvalue weighted by Gasteiger charge is 2.26. The minimum atomic E-state index is -0.0699. The first-order valence-corrected chi connectivity index (χ1v) is 4.49. The molecule has 1 aliphatic rings. The average Bonchev–Trinajstić information content (AvgIpc) is 1.77. The lowest BCUT2D eigenvalue weighted by Crippen LogP contribution is -2.35. The van der Waals surface area contributed by atoms with Gasteiger partial charge in [-0.25, -0.2) is 0 Å². The molecule has 0 aromatic carbocycles. The van der Waals surface area contributed by atoms with E-state index in [9.17, 15) is 0 Å². The topological polar surface area (TPSA) is 26.0 Å². The number of hydrogen-bond donors (Lipinski definition) is 1. The van der Waals surface area contributed by atoms with Crippen LogP contribution in [0.2, 0.25) is 0 Å². The Morgan fingerprint density at radius 3 is 2.56 bits per heavy atom. The number of hydrogen-bond acceptors (Lipinski definition) is 1. The Labute approximate surface area is 76.6 Å². The van der Waals surface area contributed by atoms with Crippen molar-refractivity contribution in [2.75, 3.05) is 0 Å². The van der Waals surface area contributed by atoms with Crippen molar-refractivity contribution in [3.63, 3.8) is 0 Å². The summed E-state index contributed by atoms with van der Waals surface area (Å²) in [5.74, 6) is 0. The van der Waals surface area contributed by atoms with Gasteiger partial charge in [-0.15, -0.1) is 0 Å². The van der Waals surface area contributed by atoms with Crippen molar-refractivity contribution in [2.45, 2.75) is 8.37 Å². The minimum Gasteiger partial charge on any atom is -0.322 e. The molecule has 0 fully saturated rings. The molecule has 0 aromatic rings. The van der Waals surface area contributed by atoms with E-state index in [-0.39, 0.29) is 8.37 Å². The quantitative estimate of drug-likeness (QED) is 0.537. The van der Waals surface area contributed by atoms with Crippen LogP contribution in [0, 0.1) is 0 Å². The Kier molecular flexibility index (Phi) is 2.34. The highest BCUT2D eigenvalue weighted by molar-refractivity contribution is 14.1. The van der Waals surface area contributed by atoms with Gasteiger partial charge in [-0.3, -0.25) is 0 Å². The van der Waals surface area contributed by atoms with E-state index in [1.165, 1.54) is 0 Å². The van der Waals surface area contributed by atoms with E-state index < -0.39 is 0 Å². The molecule has 3 heteroatoms. The molecule has 0 heterocycles. The summed E-state index contributed by atoms with van der Waals surface area (Å²) >= 11 is 5.75. The highest BCUT2D eigenvalue weighted by atomic mass is 127. The van der Waals surface area contributed by atoms with Crippen LogP contribution in [0.5, 0.6) is 0 Å². The molecule has 0 saturated heterocycles. The minimum absolute atomic E-state index is 0.0699. The summed E-state index contributed by atoms with van der Waals surface area (Å²) in [6, 6.07) is 0.0862. The van der Waals surface area contributed by atoms with Gasteiger partial charge in [0.25, 0.3) is 0 Å². The third-order valence-corrected chi connectivity index (χ3v) is 3.06. The number of alkyl halides is 2. The third-order valence-electron chi connectivity index (χ3n) is 1.19. The second-order valence-electron chi connectivity index (χ2n) is 1.94. The van der Waals surface area contributed by atoms with Crippen LogP contribution in [0.1, 0.15) is 0 Å². The first-order chi connectivity index (χ1) is 4.13. The van der Waals surface area contributed by atoms with Crippen molar-refractivity contribution in [3.05, 3.63) is 24.3 Å². The van der Waals surface area contributed by atoms with Crippen LogP contribution in [0.4, 0.5) is 0 Å². The van der Waals surface area contributed by atoms with Crippen LogP contribution in [0.25, 0.3) is 0 Å². The number of allylic oxidation sites excluding steroid dienone is 2. The van der Waals surface area contributed by atoms with E-state index in [1.54, 1.807) is 0 Å². The van der Waals surface area contributed by atoms with Gasteiger partial charge in [0.15, 0.2) is 0 Å². The molecule has 1 rings (SSSR count). The van der Waals surface area contributed by atoms with E-state index in [0.29, 0.717) is 0 Å². The molecule has 2 N–H and O–H groups in total. The first-order valence-electron chi connectivity index (χ1n) is 2.62. The van der Waals surface area contributed by atoms with E-state index in [1.807, 2.05) is 24.3 Å². The molecule has 0 bridgehead atoms. The molecule has 50 valence electrons. The molecule has 2 unspecified atom stereocenters. The summed E-state index contributed by atoms with van der Waals surface area (Å²) in [5.41, 5.74) is 5.72. The van der Waals surface area contributed by atoms with Crippen molar-refractivity contribution in [2.24, 2.45) is 5.73 Å². The lowest BCUT2D eigenvalue weighted by atomic mass is 10.1. The third kappa shape index (κ3) is 1.78. The number of nitrogens with two attached hydrogens (primary N) is 1. The van der Waals surface area contributed by atoms with Crippen LogP contribution >= 0.6 is 38.5 Å². The van der Waals surface area contributed by atoms with Crippen LogP contribution in [0.3, 0.4) is 0 Å². The van der Waals surface area contributed by atoms with Crippen molar-refractivity contribution in [1.82, 2.24) is 0 Å². The van der Waals surface area contributed by atoms with Crippen LogP contribution in [-0.4, -0.2) is 8.37 Å². The van der Waals surface area contributed by atoms with Crippen LogP contribution < -0.4 is 5.73 Å². The summed E-state index contributed by atoms with van der Waals surface area (Å²) in [6.45, 7) is 0. The van der Waals surface area contributed by atoms with Gasteiger partial charge in [0, 0.05) is 0 Å². The monoisotopic (exact) mass is 299 g/mol. The van der Waals surface area contributed by atoms with Crippen molar-refractivity contribution >= 4 is 38.5 Å². The molecular formula is C6H7BrIN. The standard InChI is InChI=1S/C6H7BrIN/c7-6(8)4-2-1-3-5(6)9/h1-5H,9H2. The summed E-state index contributed by atoms with van der Waals surface area (Å²) in [7, 11) is 0. The Bertz CT molecular complexity index is 162. The average molecular weight is 300 g/mol. The predicted molar refractivity (Wildman–Crippen MR) is 51.9 cm³/mol. The molecule has 0 saturated carbocycles. The van der Waals surface area contributed by atoms with Crippen molar-refractivity contribution in [3.8, 4) is 0 Å². The Morgan fingerprint density at radius 1 is 1.56 bits per heavy atom. The smallest absolute Gasteiger partial charge is 0.114 e. The normalized spacial score (nSPS) is 41.4. The fraction of sp³-hybridized carbons (Fsp3) is 0.333. The van der Waals surface area contributed by atoms with Gasteiger partial charge < -0.3 is 5.73 Å². The van der Waals surface area contributed by atoms with E-state index >= 15 is 0 Å². The molecule has 9 heavy (non-hydrogen) atoms. The van der Waals surface area contributed by atoms with Gasteiger partial charge in [-0.2, -0.15) is 0 Å². The summed E-state index contributed by atoms with van der Waals surface area (Å²) < 4.78 is -0.0699. The Balaban J connectivity index is 2.78. The summed E-state index contributed by atoms with van der Waals surface area (Å²) in [4.78, 5) is 0. The molecule has 0 spiro atoms. The lowest BCUT2D eigenvalue weighted by molar-refractivity contribution is 0.833. The zero-order chi connectivity index (χ0) is 6.91. The van der Waals surface area contributed by atoms with E-state index in [2.05, 4.69) is 38.5 Å². The van der Waals surface area contributed by atoms with Gasteiger partial charge in [-0.05, 0) is 0 Å². The first kappa shape index (κ1) is 7.75. The second kappa shape index (κ2) is 2.72. The Hall–Kier alpha value is 0.650. The maximum atomic E-state index is 5.72. The van der Waals surface area contributed by atoms with E-state index in [4.69, 9.17) is 5.73 Å². The van der Waals surface area contributed by atoms with Gasteiger partial charge in [0.05, 0.1) is 6.04 Å². The zero-order valence-electron chi connectivity index (χ0n) is 4.72. The predicted octanol–water partition coefficient (Wildman–Crippen LogP) is 1.97. The molecule has 0 aromatic heterocycles. The molecule has 1 nitrogen and oxygen atoms in total. The fourth-order valence-electron chi connectivity index (χ4n) is 0.607. The Morgan fingerprint density at radius 2 is 2.22 bits per heavy atom. The molecule has 2 atom stereocenters. The molecular weight excluding hydrogens is 293 g/mol. The lowest BCUT2D eigenvalue weighted by Gasteiger charge is -2.23.